The summed E-state index contributed by atoms with van der Waals surface area (Å²) in [5.41, 5.74) is 2.97. The van der Waals surface area contributed by atoms with Crippen molar-refractivity contribution in [2.45, 2.75) is 50.6 Å². The molecular weight excluding hydrogens is 638 g/mol. The number of nitrogens with zero attached hydrogens (tertiary/aromatic N) is 2. The highest BCUT2D eigenvalue weighted by atomic mass is 79.9. The molecule has 0 fully saturated rings. The fourth-order valence-electron chi connectivity index (χ4n) is 4.84. The van der Waals surface area contributed by atoms with Crippen molar-refractivity contribution < 1.29 is 18.0 Å². The second-order valence-electron chi connectivity index (χ2n) is 10.7. The van der Waals surface area contributed by atoms with Crippen LogP contribution in [0.3, 0.4) is 0 Å². The third-order valence-corrected chi connectivity index (χ3v) is 9.56. The number of rotatable bonds is 14. The van der Waals surface area contributed by atoms with Crippen molar-refractivity contribution in [3.63, 3.8) is 0 Å². The highest BCUT2D eigenvalue weighted by Crippen LogP contribution is 2.27. The van der Waals surface area contributed by atoms with Crippen LogP contribution in [0, 0.1) is 6.92 Å². The third kappa shape index (κ3) is 8.80. The molecule has 0 saturated carbocycles. The summed E-state index contributed by atoms with van der Waals surface area (Å²) in [4.78, 5) is 29.8. The zero-order valence-corrected chi connectivity index (χ0v) is 27.4. The smallest absolute Gasteiger partial charge is 0.264 e. The number of amides is 2. The van der Waals surface area contributed by atoms with E-state index < -0.39 is 28.5 Å². The van der Waals surface area contributed by atoms with Crippen molar-refractivity contribution >= 4 is 43.5 Å². The van der Waals surface area contributed by atoms with Crippen LogP contribution in [0.2, 0.25) is 0 Å². The predicted octanol–water partition coefficient (Wildman–Crippen LogP) is 6.51. The van der Waals surface area contributed by atoms with Crippen molar-refractivity contribution in [3.8, 4) is 0 Å². The Labute approximate surface area is 269 Å². The number of halogens is 1. The zero-order valence-electron chi connectivity index (χ0n) is 25.0. The Hall–Kier alpha value is -3.95. The standard InChI is InChI=1S/C35H38BrN3O4S/c1-3-4-22-37-35(41)33(23-28-12-7-5-8-13-28)38(25-29-14-9-6-10-15-29)34(40)26-39(31-17-11-16-30(36)24-31)44(42,43)32-20-18-27(2)19-21-32/h5-21,24,33H,3-4,22-23,25-26H2,1-2H3,(H,37,41)/t33-/m1/s1. The molecule has 0 bridgehead atoms. The van der Waals surface area contributed by atoms with Crippen LogP contribution in [0.5, 0.6) is 0 Å². The maximum Gasteiger partial charge on any atom is 0.264 e. The van der Waals surface area contributed by atoms with E-state index in [9.17, 15) is 18.0 Å². The van der Waals surface area contributed by atoms with Gasteiger partial charge in [0.25, 0.3) is 10.0 Å². The van der Waals surface area contributed by atoms with Gasteiger partial charge in [0, 0.05) is 24.0 Å². The fourth-order valence-corrected chi connectivity index (χ4v) is 6.63. The van der Waals surface area contributed by atoms with E-state index in [1.54, 1.807) is 48.5 Å². The zero-order chi connectivity index (χ0) is 31.5. The molecule has 44 heavy (non-hydrogen) atoms. The van der Waals surface area contributed by atoms with E-state index in [2.05, 4.69) is 21.2 Å². The molecule has 1 atom stereocenters. The Balaban J connectivity index is 1.77. The van der Waals surface area contributed by atoms with E-state index in [1.807, 2.05) is 74.5 Å². The first kappa shape index (κ1) is 33.0. The van der Waals surface area contributed by atoms with Gasteiger partial charge in [0.2, 0.25) is 11.8 Å². The molecule has 0 radical (unpaired) electrons. The minimum absolute atomic E-state index is 0.0728. The number of hydrogen-bond acceptors (Lipinski definition) is 4. The van der Waals surface area contributed by atoms with Gasteiger partial charge < -0.3 is 10.2 Å². The molecule has 0 saturated heterocycles. The van der Waals surface area contributed by atoms with Gasteiger partial charge in [0.1, 0.15) is 12.6 Å². The molecule has 0 aromatic heterocycles. The molecule has 0 aliphatic rings. The van der Waals surface area contributed by atoms with Gasteiger partial charge in [0.05, 0.1) is 10.6 Å². The Morgan fingerprint density at radius 2 is 1.48 bits per heavy atom. The number of nitrogens with one attached hydrogen (secondary N) is 1. The van der Waals surface area contributed by atoms with Crippen LogP contribution < -0.4 is 9.62 Å². The molecule has 4 rings (SSSR count). The average molecular weight is 677 g/mol. The summed E-state index contributed by atoms with van der Waals surface area (Å²) in [6.07, 6.45) is 2.00. The quantitative estimate of drug-likeness (QED) is 0.154. The van der Waals surface area contributed by atoms with Crippen molar-refractivity contribution in [1.82, 2.24) is 10.2 Å². The van der Waals surface area contributed by atoms with Crippen LogP contribution in [0.4, 0.5) is 5.69 Å². The van der Waals surface area contributed by atoms with E-state index in [4.69, 9.17) is 0 Å². The first-order valence-corrected chi connectivity index (χ1v) is 16.9. The lowest BCUT2D eigenvalue weighted by Crippen LogP contribution is -2.53. The number of aryl methyl sites for hydroxylation is 1. The summed E-state index contributed by atoms with van der Waals surface area (Å²) in [5.74, 6) is -0.766. The van der Waals surface area contributed by atoms with Crippen molar-refractivity contribution in [3.05, 3.63) is 130 Å². The number of unbranched alkanes of at least 4 members (excludes halogenated alkanes) is 1. The molecule has 0 aliphatic carbocycles. The second kappa shape index (κ2) is 15.7. The largest absolute Gasteiger partial charge is 0.354 e. The lowest BCUT2D eigenvalue weighted by molar-refractivity contribution is -0.140. The summed E-state index contributed by atoms with van der Waals surface area (Å²) in [5, 5.41) is 3.01. The minimum Gasteiger partial charge on any atom is -0.354 e. The van der Waals surface area contributed by atoms with E-state index >= 15 is 0 Å². The summed E-state index contributed by atoms with van der Waals surface area (Å²) in [6.45, 7) is 4.05. The normalized spacial score (nSPS) is 11.9. The monoisotopic (exact) mass is 675 g/mol. The molecule has 230 valence electrons. The number of anilines is 1. The molecule has 2 amide bonds. The number of sulfonamides is 1. The summed E-state index contributed by atoms with van der Waals surface area (Å²) in [6, 6.07) is 31.5. The van der Waals surface area contributed by atoms with Crippen LogP contribution >= 0.6 is 15.9 Å². The van der Waals surface area contributed by atoms with Crippen LogP contribution in [0.15, 0.2) is 119 Å². The van der Waals surface area contributed by atoms with E-state index in [-0.39, 0.29) is 23.8 Å². The van der Waals surface area contributed by atoms with Crippen molar-refractivity contribution in [1.29, 1.82) is 0 Å². The molecule has 4 aromatic rings. The fraction of sp³-hybridized carbons (Fsp3) is 0.257. The van der Waals surface area contributed by atoms with Crippen molar-refractivity contribution in [2.24, 2.45) is 0 Å². The predicted molar refractivity (Wildman–Crippen MR) is 179 cm³/mol. The van der Waals surface area contributed by atoms with E-state index in [1.165, 1.54) is 4.90 Å². The summed E-state index contributed by atoms with van der Waals surface area (Å²) in [7, 11) is -4.15. The lowest BCUT2D eigenvalue weighted by Gasteiger charge is -2.34. The van der Waals surface area contributed by atoms with Crippen LogP contribution in [0.25, 0.3) is 0 Å². The molecule has 0 heterocycles. The van der Waals surface area contributed by atoms with Gasteiger partial charge in [-0.3, -0.25) is 13.9 Å². The van der Waals surface area contributed by atoms with Gasteiger partial charge in [-0.1, -0.05) is 114 Å². The van der Waals surface area contributed by atoms with Gasteiger partial charge in [-0.05, 0) is 54.8 Å². The first-order valence-electron chi connectivity index (χ1n) is 14.7. The van der Waals surface area contributed by atoms with Crippen molar-refractivity contribution in [2.75, 3.05) is 17.4 Å². The molecule has 1 N–H and O–H groups in total. The Morgan fingerprint density at radius 1 is 0.841 bits per heavy atom. The second-order valence-corrected chi connectivity index (χ2v) is 13.4. The van der Waals surface area contributed by atoms with Gasteiger partial charge in [-0.2, -0.15) is 0 Å². The van der Waals surface area contributed by atoms with E-state index in [0.717, 1.165) is 33.8 Å². The average Bonchev–Trinajstić information content (AvgIpc) is 3.02. The van der Waals surface area contributed by atoms with Crippen LogP contribution in [-0.2, 0) is 32.6 Å². The molecule has 0 unspecified atom stereocenters. The molecule has 9 heteroatoms. The Kier molecular flexibility index (Phi) is 11.7. The van der Waals surface area contributed by atoms with E-state index in [0.29, 0.717) is 16.7 Å². The summed E-state index contributed by atoms with van der Waals surface area (Å²) >= 11 is 3.44. The van der Waals surface area contributed by atoms with Crippen LogP contribution in [0.1, 0.15) is 36.5 Å². The van der Waals surface area contributed by atoms with Gasteiger partial charge in [0.15, 0.2) is 0 Å². The maximum atomic E-state index is 14.4. The van der Waals surface area contributed by atoms with Crippen LogP contribution in [-0.4, -0.2) is 44.3 Å². The number of benzene rings is 4. The third-order valence-electron chi connectivity index (χ3n) is 7.28. The van der Waals surface area contributed by atoms with Gasteiger partial charge in [-0.15, -0.1) is 0 Å². The molecule has 4 aromatic carbocycles. The highest BCUT2D eigenvalue weighted by Gasteiger charge is 2.34. The van der Waals surface area contributed by atoms with Gasteiger partial charge >= 0.3 is 0 Å². The Bertz CT molecular complexity index is 1630. The SMILES string of the molecule is CCCCNC(=O)[C@@H](Cc1ccccc1)N(Cc1ccccc1)C(=O)CN(c1cccc(Br)c1)S(=O)(=O)c1ccc(C)cc1. The highest BCUT2D eigenvalue weighted by molar-refractivity contribution is 9.10. The molecule has 0 spiro atoms. The maximum absolute atomic E-state index is 14.4. The molecular formula is C35H38BrN3O4S. The van der Waals surface area contributed by atoms with Gasteiger partial charge in [-0.25, -0.2) is 8.42 Å². The molecule has 7 nitrogen and oxygen atoms in total. The summed E-state index contributed by atoms with van der Waals surface area (Å²) < 4.78 is 30.0. The topological polar surface area (TPSA) is 86.8 Å². The lowest BCUT2D eigenvalue weighted by atomic mass is 10.0. The molecule has 0 aliphatic heterocycles. The number of carbonyl (C=O) groups excluding carboxylic acids is 2. The number of carbonyl (C=O) groups is 2. The first-order chi connectivity index (χ1) is 21.2. The Morgan fingerprint density at radius 3 is 2.09 bits per heavy atom. The minimum atomic E-state index is -4.15. The number of hydrogen-bond donors (Lipinski definition) is 1.